The van der Waals surface area contributed by atoms with Crippen LogP contribution in [0.1, 0.15) is 69.9 Å². The monoisotopic (exact) mass is 293 g/mol. The minimum Gasteiger partial charge on any atom is -0.309 e. The lowest BCUT2D eigenvalue weighted by molar-refractivity contribution is 0.172. The molecule has 1 saturated carbocycles. The van der Waals surface area contributed by atoms with E-state index in [4.69, 9.17) is 0 Å². The predicted molar refractivity (Wildman–Crippen MR) is 90.4 cm³/mol. The van der Waals surface area contributed by atoms with Crippen molar-refractivity contribution in [2.45, 2.75) is 65.8 Å². The molecule has 1 fully saturated rings. The summed E-state index contributed by atoms with van der Waals surface area (Å²) < 4.78 is 0. The van der Waals surface area contributed by atoms with Crippen molar-refractivity contribution in [2.75, 3.05) is 6.54 Å². The second kappa shape index (κ2) is 7.61. The van der Waals surface area contributed by atoms with E-state index in [2.05, 4.69) is 44.5 Å². The smallest absolute Gasteiger partial charge is 0.0446 e. The van der Waals surface area contributed by atoms with Gasteiger partial charge in [-0.1, -0.05) is 34.1 Å². The highest BCUT2D eigenvalue weighted by atomic mass is 32.1. The summed E-state index contributed by atoms with van der Waals surface area (Å²) in [6, 6.07) is 2.93. The zero-order valence-corrected chi connectivity index (χ0v) is 14.4. The SMILES string of the molecule is CCCNC(c1sccc1CC)C1CCC(C)C(C)C1. The first-order valence-corrected chi connectivity index (χ1v) is 9.34. The van der Waals surface area contributed by atoms with E-state index >= 15 is 0 Å². The first-order valence-electron chi connectivity index (χ1n) is 8.46. The normalized spacial score (nSPS) is 28.5. The molecule has 114 valence electrons. The molecule has 1 N–H and O–H groups in total. The van der Waals surface area contributed by atoms with Crippen molar-refractivity contribution in [3.8, 4) is 0 Å². The Balaban J connectivity index is 2.15. The summed E-state index contributed by atoms with van der Waals surface area (Å²) in [5.41, 5.74) is 1.56. The zero-order valence-electron chi connectivity index (χ0n) is 13.6. The van der Waals surface area contributed by atoms with Crippen molar-refractivity contribution in [2.24, 2.45) is 17.8 Å². The maximum atomic E-state index is 3.86. The van der Waals surface area contributed by atoms with E-state index in [-0.39, 0.29) is 0 Å². The summed E-state index contributed by atoms with van der Waals surface area (Å²) in [7, 11) is 0. The van der Waals surface area contributed by atoms with Crippen LogP contribution in [0.3, 0.4) is 0 Å². The van der Waals surface area contributed by atoms with Crippen LogP contribution in [0.25, 0.3) is 0 Å². The Morgan fingerprint density at radius 3 is 2.70 bits per heavy atom. The predicted octanol–water partition coefficient (Wildman–Crippen LogP) is 5.42. The molecule has 0 spiro atoms. The molecular formula is C18H31NS. The zero-order chi connectivity index (χ0) is 14.5. The van der Waals surface area contributed by atoms with E-state index < -0.39 is 0 Å². The fraction of sp³-hybridized carbons (Fsp3) is 0.778. The number of aryl methyl sites for hydroxylation is 1. The minimum absolute atomic E-state index is 0.597. The topological polar surface area (TPSA) is 12.0 Å². The van der Waals surface area contributed by atoms with Gasteiger partial charge in [0, 0.05) is 10.9 Å². The van der Waals surface area contributed by atoms with Gasteiger partial charge < -0.3 is 5.32 Å². The van der Waals surface area contributed by atoms with E-state index in [0.29, 0.717) is 6.04 Å². The lowest BCUT2D eigenvalue weighted by Crippen LogP contribution is -2.33. The van der Waals surface area contributed by atoms with Gasteiger partial charge in [-0.05, 0) is 67.0 Å². The van der Waals surface area contributed by atoms with Crippen LogP contribution >= 0.6 is 11.3 Å². The Labute approximate surface area is 129 Å². The quantitative estimate of drug-likeness (QED) is 0.738. The third kappa shape index (κ3) is 3.65. The molecule has 1 heterocycles. The van der Waals surface area contributed by atoms with Gasteiger partial charge >= 0.3 is 0 Å². The van der Waals surface area contributed by atoms with Crippen molar-refractivity contribution in [1.82, 2.24) is 5.32 Å². The summed E-state index contributed by atoms with van der Waals surface area (Å²) in [5.74, 6) is 2.62. The molecular weight excluding hydrogens is 262 g/mol. The van der Waals surface area contributed by atoms with Gasteiger partial charge in [0.05, 0.1) is 0 Å². The van der Waals surface area contributed by atoms with Crippen LogP contribution < -0.4 is 5.32 Å². The second-order valence-corrected chi connectivity index (χ2v) is 7.57. The maximum absolute atomic E-state index is 3.86. The van der Waals surface area contributed by atoms with Gasteiger partial charge in [0.15, 0.2) is 0 Å². The van der Waals surface area contributed by atoms with Gasteiger partial charge in [-0.25, -0.2) is 0 Å². The van der Waals surface area contributed by atoms with E-state index in [1.54, 1.807) is 10.4 Å². The van der Waals surface area contributed by atoms with E-state index in [9.17, 15) is 0 Å². The Hall–Kier alpha value is -0.340. The van der Waals surface area contributed by atoms with Crippen LogP contribution in [0.15, 0.2) is 11.4 Å². The van der Waals surface area contributed by atoms with Crippen molar-refractivity contribution in [3.05, 3.63) is 21.9 Å². The van der Waals surface area contributed by atoms with E-state index in [0.717, 1.165) is 24.3 Å². The Morgan fingerprint density at radius 1 is 1.25 bits per heavy atom. The molecule has 0 aromatic carbocycles. The molecule has 1 aliphatic carbocycles. The molecule has 1 aromatic heterocycles. The van der Waals surface area contributed by atoms with Crippen LogP contribution in [0.2, 0.25) is 0 Å². The molecule has 20 heavy (non-hydrogen) atoms. The third-order valence-corrected chi connectivity index (χ3v) is 6.21. The molecule has 1 nitrogen and oxygen atoms in total. The van der Waals surface area contributed by atoms with Crippen LogP contribution in [-0.4, -0.2) is 6.54 Å². The lowest BCUT2D eigenvalue weighted by Gasteiger charge is -2.37. The first-order chi connectivity index (χ1) is 9.67. The summed E-state index contributed by atoms with van der Waals surface area (Å²) in [4.78, 5) is 1.62. The molecule has 1 aliphatic rings. The van der Waals surface area contributed by atoms with Crippen molar-refractivity contribution < 1.29 is 0 Å². The van der Waals surface area contributed by atoms with Crippen molar-refractivity contribution in [1.29, 1.82) is 0 Å². The third-order valence-electron chi connectivity index (χ3n) is 5.17. The molecule has 4 unspecified atom stereocenters. The number of rotatable bonds is 6. The second-order valence-electron chi connectivity index (χ2n) is 6.62. The van der Waals surface area contributed by atoms with Crippen LogP contribution in [0, 0.1) is 17.8 Å². The van der Waals surface area contributed by atoms with E-state index in [1.807, 2.05) is 11.3 Å². The summed E-state index contributed by atoms with van der Waals surface area (Å²) in [5, 5.41) is 6.14. The summed E-state index contributed by atoms with van der Waals surface area (Å²) in [6.45, 7) is 10.6. The van der Waals surface area contributed by atoms with Crippen molar-refractivity contribution >= 4 is 11.3 Å². The molecule has 0 bridgehead atoms. The average molecular weight is 294 g/mol. The summed E-state index contributed by atoms with van der Waals surface area (Å²) in [6.07, 6.45) is 6.59. The highest BCUT2D eigenvalue weighted by Crippen LogP contribution is 2.42. The number of hydrogen-bond acceptors (Lipinski definition) is 2. The molecule has 0 amide bonds. The van der Waals surface area contributed by atoms with Gasteiger partial charge in [-0.15, -0.1) is 11.3 Å². The molecule has 2 rings (SSSR count). The Morgan fingerprint density at radius 2 is 2.05 bits per heavy atom. The molecule has 0 aliphatic heterocycles. The standard InChI is InChI=1S/C18H31NS/c1-5-10-19-17(18-15(6-2)9-11-20-18)16-8-7-13(3)14(4)12-16/h9,11,13-14,16-17,19H,5-8,10,12H2,1-4H3. The number of thiophene rings is 1. The maximum Gasteiger partial charge on any atom is 0.0446 e. The van der Waals surface area contributed by atoms with E-state index in [1.165, 1.54) is 32.1 Å². The molecule has 0 saturated heterocycles. The molecule has 1 aromatic rings. The van der Waals surface area contributed by atoms with Gasteiger partial charge in [0.1, 0.15) is 0 Å². The van der Waals surface area contributed by atoms with Gasteiger partial charge in [-0.2, -0.15) is 0 Å². The fourth-order valence-corrected chi connectivity index (χ4v) is 4.74. The van der Waals surface area contributed by atoms with Gasteiger partial charge in [0.2, 0.25) is 0 Å². The largest absolute Gasteiger partial charge is 0.309 e. The lowest BCUT2D eigenvalue weighted by atomic mass is 9.72. The highest BCUT2D eigenvalue weighted by Gasteiger charge is 2.32. The Bertz CT molecular complexity index is 398. The Kier molecular flexibility index (Phi) is 6.10. The molecule has 0 radical (unpaired) electrons. The van der Waals surface area contributed by atoms with Crippen LogP contribution in [0.4, 0.5) is 0 Å². The average Bonchev–Trinajstić information content (AvgIpc) is 2.91. The van der Waals surface area contributed by atoms with Crippen molar-refractivity contribution in [3.63, 3.8) is 0 Å². The van der Waals surface area contributed by atoms with Gasteiger partial charge in [0.25, 0.3) is 0 Å². The molecule has 4 atom stereocenters. The number of hydrogen-bond donors (Lipinski definition) is 1. The first kappa shape index (κ1) is 16.0. The minimum atomic E-state index is 0.597. The highest BCUT2D eigenvalue weighted by molar-refractivity contribution is 7.10. The van der Waals surface area contributed by atoms with Crippen LogP contribution in [-0.2, 0) is 6.42 Å². The summed E-state index contributed by atoms with van der Waals surface area (Å²) >= 11 is 1.97. The van der Waals surface area contributed by atoms with Gasteiger partial charge in [-0.3, -0.25) is 0 Å². The number of nitrogens with one attached hydrogen (secondary N) is 1. The van der Waals surface area contributed by atoms with Crippen LogP contribution in [0.5, 0.6) is 0 Å². The molecule has 2 heteroatoms. The fourth-order valence-electron chi connectivity index (χ4n) is 3.58.